The summed E-state index contributed by atoms with van der Waals surface area (Å²) in [7, 11) is 2.25. The summed E-state index contributed by atoms with van der Waals surface area (Å²) in [4.78, 5) is 7.77. The molecule has 0 aromatic heterocycles. The van der Waals surface area contributed by atoms with Crippen molar-refractivity contribution < 1.29 is 0 Å². The molecule has 35 heavy (non-hydrogen) atoms. The minimum atomic E-state index is 0.291. The van der Waals surface area contributed by atoms with E-state index in [2.05, 4.69) is 80.6 Å². The quantitative estimate of drug-likeness (QED) is 0.407. The molecule has 3 rings (SSSR count). The number of anilines is 1. The van der Waals surface area contributed by atoms with E-state index < -0.39 is 0 Å². The maximum absolute atomic E-state index is 2.73. The summed E-state index contributed by atoms with van der Waals surface area (Å²) < 4.78 is 0. The first kappa shape index (κ1) is 36.1. The number of nitrogens with zero attached hydrogens (tertiary/aromatic N) is 3. The highest BCUT2D eigenvalue weighted by molar-refractivity contribution is 5.47. The highest BCUT2D eigenvalue weighted by atomic mass is 15.3. The smallest absolute Gasteiger partial charge is 0.0366 e. The third-order valence-corrected chi connectivity index (χ3v) is 7.25. The lowest BCUT2D eigenvalue weighted by Crippen LogP contribution is -2.55. The molecule has 0 atom stereocenters. The Balaban J connectivity index is 0. The molecular weight excluding hydrogens is 426 g/mol. The number of hydrogen-bond donors (Lipinski definition) is 0. The van der Waals surface area contributed by atoms with Crippen LogP contribution in [0.5, 0.6) is 0 Å². The van der Waals surface area contributed by atoms with Gasteiger partial charge in [0.15, 0.2) is 0 Å². The molecule has 3 heteroatoms. The number of hydrogen-bond acceptors (Lipinski definition) is 3. The minimum absolute atomic E-state index is 0.291. The fourth-order valence-corrected chi connectivity index (χ4v) is 5.46. The minimum Gasteiger partial charge on any atom is -0.372 e. The highest BCUT2D eigenvalue weighted by Gasteiger charge is 2.39. The summed E-state index contributed by atoms with van der Waals surface area (Å²) in [5, 5.41) is 0. The Morgan fingerprint density at radius 2 is 1.11 bits per heavy atom. The van der Waals surface area contributed by atoms with Gasteiger partial charge < -0.3 is 9.80 Å². The van der Waals surface area contributed by atoms with Crippen LogP contribution < -0.4 is 4.90 Å². The largest absolute Gasteiger partial charge is 0.372 e. The third kappa shape index (κ3) is 12.2. The van der Waals surface area contributed by atoms with E-state index in [0.29, 0.717) is 11.0 Å². The zero-order valence-electron chi connectivity index (χ0n) is 26.6. The number of rotatable bonds is 5. The Morgan fingerprint density at radius 3 is 1.54 bits per heavy atom. The van der Waals surface area contributed by atoms with Crippen LogP contribution in [0.25, 0.3) is 0 Å². The second-order valence-electron chi connectivity index (χ2n) is 10.4. The van der Waals surface area contributed by atoms with Gasteiger partial charge in [-0.25, -0.2) is 0 Å². The SMILES string of the molecule is CC.CC.CC.CC.Cc1ccc(N2CCC(C(C)(C)CC(C)(C)N3CCN(C)CC3)CC2)cc1. The fraction of sp³-hybridized carbons (Fsp3) is 0.812. The molecule has 0 spiro atoms. The molecule has 2 aliphatic rings. The molecule has 3 nitrogen and oxygen atoms in total. The summed E-state index contributed by atoms with van der Waals surface area (Å²) in [6.07, 6.45) is 3.93. The lowest BCUT2D eigenvalue weighted by Gasteiger charge is -2.49. The van der Waals surface area contributed by atoms with Crippen LogP contribution in [0, 0.1) is 18.3 Å². The molecule has 0 N–H and O–H groups in total. The molecule has 2 aliphatic heterocycles. The number of benzene rings is 1. The van der Waals surface area contributed by atoms with Crippen molar-refractivity contribution in [2.75, 3.05) is 51.2 Å². The van der Waals surface area contributed by atoms with Crippen molar-refractivity contribution >= 4 is 5.69 Å². The monoisotopic (exact) mass is 492 g/mol. The fourth-order valence-electron chi connectivity index (χ4n) is 5.46. The second kappa shape index (κ2) is 19.1. The summed E-state index contributed by atoms with van der Waals surface area (Å²) in [6, 6.07) is 9.06. The van der Waals surface area contributed by atoms with Crippen LogP contribution in [-0.4, -0.2) is 61.7 Å². The molecule has 208 valence electrons. The van der Waals surface area contributed by atoms with Gasteiger partial charge in [-0.15, -0.1) is 0 Å². The molecule has 1 aromatic carbocycles. The van der Waals surface area contributed by atoms with Crippen molar-refractivity contribution in [2.24, 2.45) is 11.3 Å². The second-order valence-corrected chi connectivity index (χ2v) is 10.4. The molecule has 2 fully saturated rings. The van der Waals surface area contributed by atoms with Gasteiger partial charge in [-0.3, -0.25) is 4.90 Å². The van der Waals surface area contributed by atoms with Crippen LogP contribution in [0.4, 0.5) is 5.69 Å². The Hall–Kier alpha value is -1.06. The van der Waals surface area contributed by atoms with Gasteiger partial charge >= 0.3 is 0 Å². The Morgan fingerprint density at radius 1 is 0.686 bits per heavy atom. The van der Waals surface area contributed by atoms with Gasteiger partial charge in [0, 0.05) is 50.5 Å². The van der Waals surface area contributed by atoms with Crippen molar-refractivity contribution in [3.63, 3.8) is 0 Å². The Bertz CT molecular complexity index is 590. The van der Waals surface area contributed by atoms with Crippen LogP contribution in [0.15, 0.2) is 24.3 Å². The molecule has 0 saturated carbocycles. The molecule has 0 unspecified atom stereocenters. The van der Waals surface area contributed by atoms with Crippen molar-refractivity contribution in [1.29, 1.82) is 0 Å². The number of piperidine rings is 1. The van der Waals surface area contributed by atoms with Crippen LogP contribution >= 0.6 is 0 Å². The van der Waals surface area contributed by atoms with E-state index in [1.54, 1.807) is 0 Å². The van der Waals surface area contributed by atoms with E-state index >= 15 is 0 Å². The average Bonchev–Trinajstić information content (AvgIpc) is 2.89. The van der Waals surface area contributed by atoms with Crippen LogP contribution in [0.1, 0.15) is 108 Å². The van der Waals surface area contributed by atoms with Gasteiger partial charge in [0.1, 0.15) is 0 Å². The first-order chi connectivity index (χ1) is 16.7. The van der Waals surface area contributed by atoms with Gasteiger partial charge in [0.2, 0.25) is 0 Å². The van der Waals surface area contributed by atoms with Gasteiger partial charge in [-0.2, -0.15) is 0 Å². The van der Waals surface area contributed by atoms with E-state index in [0.717, 1.165) is 5.92 Å². The first-order valence-electron chi connectivity index (χ1n) is 14.9. The number of piperazine rings is 1. The Kier molecular flexibility index (Phi) is 19.7. The van der Waals surface area contributed by atoms with Crippen LogP contribution in [0.2, 0.25) is 0 Å². The normalized spacial score (nSPS) is 17.4. The van der Waals surface area contributed by atoms with Crippen molar-refractivity contribution in [1.82, 2.24) is 9.80 Å². The molecule has 0 amide bonds. The van der Waals surface area contributed by atoms with Crippen LogP contribution in [0.3, 0.4) is 0 Å². The topological polar surface area (TPSA) is 9.72 Å². The predicted octanol–water partition coefficient (Wildman–Crippen LogP) is 8.76. The standard InChI is InChI=1S/C24H41N3.4C2H6/c1-20-7-9-22(10-8-20)26-13-11-21(12-14-26)23(2,3)19-24(4,5)27-17-15-25(6)16-18-27;4*1-2/h7-10,21H,11-19H2,1-6H3;4*1-2H3. The van der Waals surface area contributed by atoms with Crippen LogP contribution in [-0.2, 0) is 0 Å². The average molecular weight is 492 g/mol. The molecule has 0 aliphatic carbocycles. The molecule has 0 radical (unpaired) electrons. The maximum Gasteiger partial charge on any atom is 0.0366 e. The summed E-state index contributed by atoms with van der Waals surface area (Å²) in [5.41, 5.74) is 3.43. The lowest BCUT2D eigenvalue weighted by atomic mass is 9.67. The molecule has 2 heterocycles. The van der Waals surface area contributed by atoms with Gasteiger partial charge in [0.05, 0.1) is 0 Å². The number of aryl methyl sites for hydroxylation is 1. The van der Waals surface area contributed by atoms with Gasteiger partial charge in [-0.05, 0) is 70.5 Å². The zero-order valence-corrected chi connectivity index (χ0v) is 26.6. The lowest BCUT2D eigenvalue weighted by molar-refractivity contribution is 0.0131. The Labute approximate surface area is 222 Å². The summed E-state index contributed by atoms with van der Waals surface area (Å²) in [5.74, 6) is 0.825. The zero-order chi connectivity index (χ0) is 27.7. The third-order valence-electron chi connectivity index (χ3n) is 7.25. The predicted molar refractivity (Wildman–Crippen MR) is 163 cm³/mol. The summed E-state index contributed by atoms with van der Waals surface area (Å²) in [6.45, 7) is 35.4. The molecule has 2 saturated heterocycles. The molecule has 0 bridgehead atoms. The van der Waals surface area contributed by atoms with Gasteiger partial charge in [-0.1, -0.05) is 86.9 Å². The van der Waals surface area contributed by atoms with E-state index in [1.165, 1.54) is 69.8 Å². The van der Waals surface area contributed by atoms with Crippen molar-refractivity contribution in [2.45, 2.75) is 115 Å². The van der Waals surface area contributed by atoms with E-state index in [1.807, 2.05) is 55.4 Å². The first-order valence-corrected chi connectivity index (χ1v) is 14.9. The van der Waals surface area contributed by atoms with E-state index in [-0.39, 0.29) is 0 Å². The van der Waals surface area contributed by atoms with Gasteiger partial charge in [0.25, 0.3) is 0 Å². The van der Waals surface area contributed by atoms with Crippen molar-refractivity contribution in [3.8, 4) is 0 Å². The summed E-state index contributed by atoms with van der Waals surface area (Å²) >= 11 is 0. The highest BCUT2D eigenvalue weighted by Crippen LogP contribution is 2.43. The van der Waals surface area contributed by atoms with E-state index in [9.17, 15) is 0 Å². The maximum atomic E-state index is 2.73. The molecule has 1 aromatic rings. The van der Waals surface area contributed by atoms with E-state index in [4.69, 9.17) is 0 Å². The molecular formula is C32H65N3. The van der Waals surface area contributed by atoms with Crippen molar-refractivity contribution in [3.05, 3.63) is 29.8 Å². The number of likely N-dealkylation sites (N-methyl/N-ethyl adjacent to an activating group) is 1.